The van der Waals surface area contributed by atoms with E-state index in [4.69, 9.17) is 12.2 Å². The number of rotatable bonds is 4. The van der Waals surface area contributed by atoms with Gasteiger partial charge in [-0.25, -0.2) is 0 Å². The van der Waals surface area contributed by atoms with Gasteiger partial charge < -0.3 is 4.90 Å². The second-order valence-electron chi connectivity index (χ2n) is 6.35. The van der Waals surface area contributed by atoms with E-state index in [0.29, 0.717) is 15.8 Å². The van der Waals surface area contributed by atoms with E-state index in [1.165, 1.54) is 33.5 Å². The zero-order chi connectivity index (χ0) is 19.7. The predicted molar refractivity (Wildman–Crippen MR) is 124 cm³/mol. The van der Waals surface area contributed by atoms with Crippen molar-refractivity contribution in [3.05, 3.63) is 70.6 Å². The molecule has 1 amide bonds. The van der Waals surface area contributed by atoms with Crippen molar-refractivity contribution in [3.63, 3.8) is 0 Å². The van der Waals surface area contributed by atoms with Crippen molar-refractivity contribution in [1.82, 2.24) is 4.90 Å². The number of carbonyl (C=O) groups excluding carboxylic acids is 1. The Labute approximate surface area is 179 Å². The summed E-state index contributed by atoms with van der Waals surface area (Å²) in [5.41, 5.74) is 3.64. The molecule has 1 fully saturated rings. The van der Waals surface area contributed by atoms with Crippen LogP contribution in [0.25, 0.3) is 11.1 Å². The first-order valence-electron chi connectivity index (χ1n) is 9.23. The Bertz CT molecular complexity index is 998. The fourth-order valence-corrected chi connectivity index (χ4v) is 5.73. The molecule has 1 saturated heterocycles. The molecule has 28 heavy (non-hydrogen) atoms. The summed E-state index contributed by atoms with van der Waals surface area (Å²) in [4.78, 5) is 18.3. The van der Waals surface area contributed by atoms with Crippen molar-refractivity contribution in [3.8, 4) is 11.1 Å². The molecule has 2 aliphatic heterocycles. The molecule has 4 rings (SSSR count). The van der Waals surface area contributed by atoms with Crippen LogP contribution >= 0.6 is 35.7 Å². The maximum absolute atomic E-state index is 12.4. The first-order chi connectivity index (χ1) is 13.6. The summed E-state index contributed by atoms with van der Waals surface area (Å²) in [5, 5.41) is 1.13. The molecule has 6 heteroatoms. The van der Waals surface area contributed by atoms with Crippen LogP contribution < -0.4 is 4.90 Å². The number of thiocarbonyl (C=S) groups is 1. The highest BCUT2D eigenvalue weighted by Gasteiger charge is 2.30. The van der Waals surface area contributed by atoms with E-state index in [9.17, 15) is 4.79 Å². The molecule has 0 N–H and O–H groups in total. The van der Waals surface area contributed by atoms with E-state index < -0.39 is 0 Å². The van der Waals surface area contributed by atoms with Crippen LogP contribution in [-0.2, 0) is 4.79 Å². The normalized spacial score (nSPS) is 19.2. The molecule has 142 valence electrons. The summed E-state index contributed by atoms with van der Waals surface area (Å²) >= 11 is 8.42. The van der Waals surface area contributed by atoms with Gasteiger partial charge in [0.2, 0.25) is 0 Å². The third-order valence-corrected chi connectivity index (χ3v) is 7.25. The Morgan fingerprint density at radius 2 is 1.68 bits per heavy atom. The summed E-state index contributed by atoms with van der Waals surface area (Å²) < 4.78 is 0.638. The van der Waals surface area contributed by atoms with E-state index in [-0.39, 0.29) is 5.91 Å². The van der Waals surface area contributed by atoms with E-state index in [0.717, 1.165) is 11.6 Å². The number of nitrogens with zero attached hydrogens (tertiary/aromatic N) is 2. The highest BCUT2D eigenvalue weighted by Crippen LogP contribution is 2.47. The second-order valence-corrected chi connectivity index (χ2v) is 9.09. The highest BCUT2D eigenvalue weighted by atomic mass is 32.2. The summed E-state index contributed by atoms with van der Waals surface area (Å²) in [6.45, 7) is 5.57. The van der Waals surface area contributed by atoms with Gasteiger partial charge in [-0.1, -0.05) is 72.1 Å². The lowest BCUT2D eigenvalue weighted by molar-refractivity contribution is -0.122. The fraction of sp³-hybridized carbons (Fsp3) is 0.182. The number of allylic oxidation sites excluding steroid dienone is 2. The molecular formula is C22H20N2OS3. The van der Waals surface area contributed by atoms with Gasteiger partial charge in [-0.2, -0.15) is 0 Å². The molecule has 0 spiro atoms. The van der Waals surface area contributed by atoms with Gasteiger partial charge in [0, 0.05) is 18.0 Å². The van der Waals surface area contributed by atoms with Crippen LogP contribution in [0, 0.1) is 0 Å². The SMILES string of the molecule is CCN1C(=O)C(=CC=C2Sc3ccc(-c4ccccc4)cc3N2CC)SC1=S. The molecule has 3 nitrogen and oxygen atoms in total. The minimum atomic E-state index is 0.00396. The van der Waals surface area contributed by atoms with E-state index in [1.807, 2.05) is 25.1 Å². The summed E-state index contributed by atoms with van der Waals surface area (Å²) in [6, 6.07) is 17.0. The maximum Gasteiger partial charge on any atom is 0.266 e. The number of likely N-dealkylation sites (N-methyl/N-ethyl adjacent to an activating group) is 1. The van der Waals surface area contributed by atoms with Gasteiger partial charge >= 0.3 is 0 Å². The number of amides is 1. The first-order valence-corrected chi connectivity index (χ1v) is 11.3. The molecule has 0 saturated carbocycles. The van der Waals surface area contributed by atoms with Gasteiger partial charge in [0.05, 0.1) is 15.6 Å². The van der Waals surface area contributed by atoms with Crippen LogP contribution in [0.4, 0.5) is 5.69 Å². The number of carbonyl (C=O) groups is 1. The van der Waals surface area contributed by atoms with Crippen molar-refractivity contribution >= 4 is 51.7 Å². The molecule has 0 unspecified atom stereocenters. The van der Waals surface area contributed by atoms with Crippen LogP contribution in [-0.4, -0.2) is 28.2 Å². The van der Waals surface area contributed by atoms with Gasteiger partial charge in [0.25, 0.3) is 5.91 Å². The number of hydrogen-bond donors (Lipinski definition) is 0. The first kappa shape index (κ1) is 19.3. The Balaban J connectivity index is 1.63. The molecular weight excluding hydrogens is 404 g/mol. The average molecular weight is 425 g/mol. The lowest BCUT2D eigenvalue weighted by Crippen LogP contribution is -2.27. The Hall–Kier alpha value is -2.02. The zero-order valence-electron chi connectivity index (χ0n) is 15.7. The van der Waals surface area contributed by atoms with Crippen LogP contribution in [0.3, 0.4) is 0 Å². The van der Waals surface area contributed by atoms with Crippen LogP contribution in [0.5, 0.6) is 0 Å². The van der Waals surface area contributed by atoms with E-state index in [2.05, 4.69) is 54.3 Å². The van der Waals surface area contributed by atoms with Gasteiger partial charge in [-0.05, 0) is 49.3 Å². The molecule has 0 radical (unpaired) electrons. The fourth-order valence-electron chi connectivity index (χ4n) is 3.30. The summed E-state index contributed by atoms with van der Waals surface area (Å²) in [6.07, 6.45) is 3.95. The smallest absolute Gasteiger partial charge is 0.266 e. The molecule has 0 atom stereocenters. The minimum absolute atomic E-state index is 0.00396. The molecule has 2 aromatic carbocycles. The van der Waals surface area contributed by atoms with Crippen LogP contribution in [0.1, 0.15) is 13.8 Å². The van der Waals surface area contributed by atoms with Gasteiger partial charge in [-0.15, -0.1) is 0 Å². The Morgan fingerprint density at radius 3 is 2.36 bits per heavy atom. The third kappa shape index (κ3) is 3.52. The molecule has 0 aromatic heterocycles. The maximum atomic E-state index is 12.4. The van der Waals surface area contributed by atoms with Gasteiger partial charge in [-0.3, -0.25) is 9.69 Å². The van der Waals surface area contributed by atoms with Crippen molar-refractivity contribution < 1.29 is 4.79 Å². The molecule has 2 aliphatic rings. The van der Waals surface area contributed by atoms with E-state index in [1.54, 1.807) is 16.7 Å². The second kappa shape index (κ2) is 8.15. The van der Waals surface area contributed by atoms with Crippen molar-refractivity contribution in [2.45, 2.75) is 18.7 Å². The largest absolute Gasteiger partial charge is 0.335 e. The monoisotopic (exact) mass is 424 g/mol. The number of benzene rings is 2. The van der Waals surface area contributed by atoms with Crippen molar-refractivity contribution in [1.29, 1.82) is 0 Å². The highest BCUT2D eigenvalue weighted by molar-refractivity contribution is 8.26. The topological polar surface area (TPSA) is 23.6 Å². The number of hydrogen-bond acceptors (Lipinski definition) is 5. The Kier molecular flexibility index (Phi) is 5.62. The predicted octanol–water partition coefficient (Wildman–Crippen LogP) is 5.89. The number of fused-ring (bicyclic) bond motifs is 1. The van der Waals surface area contributed by atoms with Crippen LogP contribution in [0.2, 0.25) is 0 Å². The molecule has 0 aliphatic carbocycles. The molecule has 2 heterocycles. The lowest BCUT2D eigenvalue weighted by atomic mass is 10.0. The van der Waals surface area contributed by atoms with Gasteiger partial charge in [0.1, 0.15) is 4.32 Å². The lowest BCUT2D eigenvalue weighted by Gasteiger charge is -2.18. The third-order valence-electron chi connectivity index (χ3n) is 4.72. The quantitative estimate of drug-likeness (QED) is 0.450. The molecule has 2 aromatic rings. The van der Waals surface area contributed by atoms with Crippen LogP contribution in [0.15, 0.2) is 75.5 Å². The van der Waals surface area contributed by atoms with Gasteiger partial charge in [0.15, 0.2) is 0 Å². The summed E-state index contributed by atoms with van der Waals surface area (Å²) in [7, 11) is 0. The zero-order valence-corrected chi connectivity index (χ0v) is 18.2. The summed E-state index contributed by atoms with van der Waals surface area (Å²) in [5.74, 6) is 0.00396. The standard InChI is InChI=1S/C22H20N2OS3/c1-3-23-17-14-16(15-8-6-5-7-9-15)10-11-18(17)27-20(23)13-12-19-21(25)24(4-2)22(26)28-19/h5-14H,3-4H2,1-2H3. The minimum Gasteiger partial charge on any atom is -0.335 e. The van der Waals surface area contributed by atoms with Crippen molar-refractivity contribution in [2.75, 3.05) is 18.0 Å². The molecule has 0 bridgehead atoms. The van der Waals surface area contributed by atoms with Crippen molar-refractivity contribution in [2.24, 2.45) is 0 Å². The van der Waals surface area contributed by atoms with E-state index >= 15 is 0 Å². The number of anilines is 1. The number of thioether (sulfide) groups is 2. The average Bonchev–Trinajstić information content (AvgIpc) is 3.21. The Morgan fingerprint density at radius 1 is 0.929 bits per heavy atom.